The predicted molar refractivity (Wildman–Crippen MR) is 58.0 cm³/mol. The van der Waals surface area contributed by atoms with Gasteiger partial charge in [-0.3, -0.25) is 9.59 Å². The van der Waals surface area contributed by atoms with E-state index in [9.17, 15) is 9.59 Å². The lowest BCUT2D eigenvalue weighted by atomic mass is 10.4. The van der Waals surface area contributed by atoms with Crippen molar-refractivity contribution in [2.24, 2.45) is 5.92 Å². The number of hydrogen-bond donors (Lipinski definition) is 1. The SMILES string of the molecule is CCCN(CC(=O)O)C(=O)COCC1CC1. The molecule has 0 spiro atoms. The van der Waals surface area contributed by atoms with Crippen LogP contribution in [0.15, 0.2) is 0 Å². The highest BCUT2D eigenvalue weighted by molar-refractivity contribution is 5.82. The Morgan fingerprint density at radius 3 is 2.62 bits per heavy atom. The Morgan fingerprint density at radius 2 is 2.12 bits per heavy atom. The van der Waals surface area contributed by atoms with Gasteiger partial charge in [-0.1, -0.05) is 6.92 Å². The molecule has 0 aromatic heterocycles. The van der Waals surface area contributed by atoms with Crippen molar-refractivity contribution in [3.8, 4) is 0 Å². The average molecular weight is 229 g/mol. The number of aliphatic carboxylic acids is 1. The van der Waals surface area contributed by atoms with Gasteiger partial charge in [-0.05, 0) is 25.2 Å². The molecule has 1 amide bonds. The fourth-order valence-electron chi connectivity index (χ4n) is 1.41. The van der Waals surface area contributed by atoms with Crippen molar-refractivity contribution in [3.05, 3.63) is 0 Å². The maximum atomic E-state index is 11.6. The molecule has 1 aliphatic rings. The van der Waals surface area contributed by atoms with Crippen LogP contribution < -0.4 is 0 Å². The van der Waals surface area contributed by atoms with Crippen LogP contribution in [0.3, 0.4) is 0 Å². The smallest absolute Gasteiger partial charge is 0.323 e. The summed E-state index contributed by atoms with van der Waals surface area (Å²) < 4.78 is 5.24. The number of carboxylic acids is 1. The van der Waals surface area contributed by atoms with Crippen molar-refractivity contribution in [1.29, 1.82) is 0 Å². The first-order valence-corrected chi connectivity index (χ1v) is 5.70. The van der Waals surface area contributed by atoms with E-state index in [1.165, 1.54) is 17.7 Å². The molecule has 0 atom stereocenters. The fourth-order valence-corrected chi connectivity index (χ4v) is 1.41. The monoisotopic (exact) mass is 229 g/mol. The Labute approximate surface area is 95.4 Å². The van der Waals surface area contributed by atoms with Gasteiger partial charge in [0.05, 0.1) is 6.61 Å². The third-order valence-corrected chi connectivity index (χ3v) is 2.45. The molecular weight excluding hydrogens is 210 g/mol. The van der Waals surface area contributed by atoms with Gasteiger partial charge in [-0.25, -0.2) is 0 Å². The topological polar surface area (TPSA) is 66.8 Å². The van der Waals surface area contributed by atoms with Crippen LogP contribution in [0, 0.1) is 5.92 Å². The number of carbonyl (C=O) groups excluding carboxylic acids is 1. The number of ether oxygens (including phenoxy) is 1. The summed E-state index contributed by atoms with van der Waals surface area (Å²) in [6.07, 6.45) is 3.12. The van der Waals surface area contributed by atoms with Gasteiger partial charge >= 0.3 is 5.97 Å². The van der Waals surface area contributed by atoms with Crippen molar-refractivity contribution in [2.45, 2.75) is 26.2 Å². The number of nitrogens with zero attached hydrogens (tertiary/aromatic N) is 1. The first kappa shape index (κ1) is 13.0. The van der Waals surface area contributed by atoms with E-state index in [4.69, 9.17) is 9.84 Å². The zero-order chi connectivity index (χ0) is 12.0. The Bertz CT molecular complexity index is 250. The molecule has 1 aliphatic carbocycles. The van der Waals surface area contributed by atoms with Gasteiger partial charge in [0.25, 0.3) is 0 Å². The average Bonchev–Trinajstić information content (AvgIpc) is 3.00. The Morgan fingerprint density at radius 1 is 1.44 bits per heavy atom. The summed E-state index contributed by atoms with van der Waals surface area (Å²) in [5, 5.41) is 8.65. The molecule has 0 radical (unpaired) electrons. The van der Waals surface area contributed by atoms with Gasteiger partial charge in [0.2, 0.25) is 5.91 Å². The first-order chi connectivity index (χ1) is 7.63. The highest BCUT2D eigenvalue weighted by Crippen LogP contribution is 2.28. The highest BCUT2D eigenvalue weighted by atomic mass is 16.5. The molecule has 1 fully saturated rings. The third kappa shape index (κ3) is 5.11. The lowest BCUT2D eigenvalue weighted by Crippen LogP contribution is -2.38. The van der Waals surface area contributed by atoms with E-state index < -0.39 is 5.97 Å². The maximum absolute atomic E-state index is 11.6. The van der Waals surface area contributed by atoms with Crippen molar-refractivity contribution in [3.63, 3.8) is 0 Å². The molecular formula is C11H19NO4. The molecule has 1 saturated carbocycles. The molecule has 0 heterocycles. The van der Waals surface area contributed by atoms with Crippen LogP contribution in [0.2, 0.25) is 0 Å². The molecule has 0 aliphatic heterocycles. The summed E-state index contributed by atoms with van der Waals surface area (Å²) >= 11 is 0. The second-order valence-corrected chi connectivity index (χ2v) is 4.17. The molecule has 0 unspecified atom stereocenters. The quantitative estimate of drug-likeness (QED) is 0.666. The van der Waals surface area contributed by atoms with Crippen molar-refractivity contribution >= 4 is 11.9 Å². The normalized spacial score (nSPS) is 14.8. The summed E-state index contributed by atoms with van der Waals surface area (Å²) in [5.74, 6) is -0.596. The van der Waals surface area contributed by atoms with Crippen LogP contribution in [0.1, 0.15) is 26.2 Å². The minimum absolute atomic E-state index is 0.00375. The lowest BCUT2D eigenvalue weighted by molar-refractivity contribution is -0.146. The van der Waals surface area contributed by atoms with Crippen LogP contribution in [0.5, 0.6) is 0 Å². The summed E-state index contributed by atoms with van der Waals surface area (Å²) in [6.45, 7) is 2.77. The van der Waals surface area contributed by atoms with E-state index in [1.807, 2.05) is 6.92 Å². The van der Waals surface area contributed by atoms with Gasteiger partial charge in [-0.15, -0.1) is 0 Å². The lowest BCUT2D eigenvalue weighted by Gasteiger charge is -2.19. The standard InChI is InChI=1S/C11H19NO4/c1-2-5-12(6-11(14)15)10(13)8-16-7-9-3-4-9/h9H,2-8H2,1H3,(H,14,15). The molecule has 5 heteroatoms. The van der Waals surface area contributed by atoms with Crippen LogP contribution in [-0.2, 0) is 14.3 Å². The number of carbonyl (C=O) groups is 2. The first-order valence-electron chi connectivity index (χ1n) is 5.70. The number of carboxylic acid groups (broad SMARTS) is 1. The summed E-state index contributed by atoms with van der Waals surface area (Å²) in [4.78, 5) is 23.5. The number of rotatable bonds is 8. The Balaban J connectivity index is 2.23. The van der Waals surface area contributed by atoms with E-state index >= 15 is 0 Å². The molecule has 0 aromatic carbocycles. The molecule has 1 N–H and O–H groups in total. The zero-order valence-corrected chi connectivity index (χ0v) is 9.65. The number of amides is 1. The summed E-state index contributed by atoms with van der Waals surface area (Å²) in [6, 6.07) is 0. The summed E-state index contributed by atoms with van der Waals surface area (Å²) in [5.41, 5.74) is 0. The van der Waals surface area contributed by atoms with Gasteiger partial charge in [0.15, 0.2) is 0 Å². The summed E-state index contributed by atoms with van der Waals surface area (Å²) in [7, 11) is 0. The van der Waals surface area contributed by atoms with Crippen LogP contribution >= 0.6 is 0 Å². The Kier molecular flexibility index (Phi) is 5.25. The van der Waals surface area contributed by atoms with E-state index in [0.717, 1.165) is 6.42 Å². The highest BCUT2D eigenvalue weighted by Gasteiger charge is 2.22. The Hall–Kier alpha value is -1.10. The molecule has 5 nitrogen and oxygen atoms in total. The maximum Gasteiger partial charge on any atom is 0.323 e. The minimum atomic E-state index is -0.982. The number of hydrogen-bond acceptors (Lipinski definition) is 3. The molecule has 16 heavy (non-hydrogen) atoms. The van der Waals surface area contributed by atoms with E-state index in [0.29, 0.717) is 19.1 Å². The minimum Gasteiger partial charge on any atom is -0.480 e. The molecule has 1 rings (SSSR count). The van der Waals surface area contributed by atoms with Crippen LogP contribution in [0.4, 0.5) is 0 Å². The fraction of sp³-hybridized carbons (Fsp3) is 0.818. The van der Waals surface area contributed by atoms with E-state index in [2.05, 4.69) is 0 Å². The van der Waals surface area contributed by atoms with Crippen molar-refractivity contribution in [1.82, 2.24) is 4.90 Å². The zero-order valence-electron chi connectivity index (χ0n) is 9.65. The molecule has 0 bridgehead atoms. The second-order valence-electron chi connectivity index (χ2n) is 4.17. The van der Waals surface area contributed by atoms with Gasteiger partial charge in [0.1, 0.15) is 13.2 Å². The third-order valence-electron chi connectivity index (χ3n) is 2.45. The molecule has 0 saturated heterocycles. The van der Waals surface area contributed by atoms with Crippen molar-refractivity contribution in [2.75, 3.05) is 26.3 Å². The van der Waals surface area contributed by atoms with Crippen molar-refractivity contribution < 1.29 is 19.4 Å². The largest absolute Gasteiger partial charge is 0.480 e. The van der Waals surface area contributed by atoms with Gasteiger partial charge in [0, 0.05) is 6.54 Å². The second kappa shape index (κ2) is 6.48. The van der Waals surface area contributed by atoms with Gasteiger partial charge < -0.3 is 14.7 Å². The van der Waals surface area contributed by atoms with Crippen LogP contribution in [0.25, 0.3) is 0 Å². The molecule has 0 aromatic rings. The molecule has 92 valence electrons. The van der Waals surface area contributed by atoms with Crippen LogP contribution in [-0.4, -0.2) is 48.2 Å². The van der Waals surface area contributed by atoms with E-state index in [-0.39, 0.29) is 19.1 Å². The van der Waals surface area contributed by atoms with Gasteiger partial charge in [-0.2, -0.15) is 0 Å². The predicted octanol–water partition coefficient (Wildman–Crippen LogP) is 0.736. The van der Waals surface area contributed by atoms with E-state index in [1.54, 1.807) is 0 Å².